The van der Waals surface area contributed by atoms with Crippen LogP contribution in [0, 0.1) is 0 Å². The number of aromatic nitrogens is 4. The number of rotatable bonds is 8. The average molecular weight is 659 g/mol. The molecule has 0 spiro atoms. The number of pyridine rings is 2. The molecule has 0 saturated carbocycles. The number of aliphatic hydroxyl groups is 1. The van der Waals surface area contributed by atoms with Crippen molar-refractivity contribution in [2.24, 2.45) is 7.05 Å². The van der Waals surface area contributed by atoms with Crippen molar-refractivity contribution in [1.29, 1.82) is 0 Å². The number of imidazole rings is 1. The first-order chi connectivity index (χ1) is 21.3. The second kappa shape index (κ2) is 11.8. The zero-order valence-corrected chi connectivity index (χ0v) is 25.9. The van der Waals surface area contributed by atoms with Gasteiger partial charge < -0.3 is 24.0 Å². The van der Waals surface area contributed by atoms with Gasteiger partial charge in [-0.1, -0.05) is 35.3 Å². The molecule has 1 aliphatic rings. The van der Waals surface area contributed by atoms with E-state index >= 15 is 0 Å². The van der Waals surface area contributed by atoms with Crippen molar-refractivity contribution < 1.29 is 27.8 Å². The van der Waals surface area contributed by atoms with Crippen molar-refractivity contribution in [2.75, 3.05) is 18.0 Å². The van der Waals surface area contributed by atoms with Gasteiger partial charge in [0.1, 0.15) is 11.4 Å². The van der Waals surface area contributed by atoms with E-state index in [0.717, 1.165) is 12.3 Å². The van der Waals surface area contributed by atoms with Crippen LogP contribution in [0.1, 0.15) is 36.4 Å². The number of hydrogen-bond donors (Lipinski definition) is 1. The van der Waals surface area contributed by atoms with Gasteiger partial charge in [0.25, 0.3) is 0 Å². The fraction of sp³-hybridized carbons (Fsp3) is 0.281. The summed E-state index contributed by atoms with van der Waals surface area (Å²) in [6, 6.07) is 13.8. The normalized spacial score (nSPS) is 15.4. The Balaban J connectivity index is 1.49. The van der Waals surface area contributed by atoms with E-state index in [0.29, 0.717) is 57.6 Å². The minimum atomic E-state index is -4.64. The zero-order valence-electron chi connectivity index (χ0n) is 24.4. The van der Waals surface area contributed by atoms with Crippen molar-refractivity contribution in [3.63, 3.8) is 0 Å². The highest BCUT2D eigenvalue weighted by Gasteiger charge is 2.40. The van der Waals surface area contributed by atoms with Gasteiger partial charge >= 0.3 is 6.18 Å². The molecule has 1 N–H and O–H groups in total. The number of hydrogen-bond acceptors (Lipinski definition) is 7. The van der Waals surface area contributed by atoms with E-state index in [9.17, 15) is 18.3 Å². The molecule has 234 valence electrons. The number of anilines is 1. The molecule has 0 radical (unpaired) electrons. The molecule has 8 nitrogen and oxygen atoms in total. The summed E-state index contributed by atoms with van der Waals surface area (Å²) in [5.74, 6) is 1.30. The third kappa shape index (κ3) is 5.93. The zero-order chi connectivity index (χ0) is 32.1. The number of aryl methyl sites for hydroxylation is 1. The third-order valence-electron chi connectivity index (χ3n) is 7.58. The lowest BCUT2D eigenvalue weighted by atomic mass is 9.83. The highest BCUT2D eigenvalue weighted by atomic mass is 35.5. The molecule has 1 atom stereocenters. The van der Waals surface area contributed by atoms with Crippen LogP contribution in [-0.2, 0) is 23.6 Å². The van der Waals surface area contributed by atoms with Crippen molar-refractivity contribution in [1.82, 2.24) is 19.5 Å². The van der Waals surface area contributed by atoms with Crippen LogP contribution in [0.3, 0.4) is 0 Å². The maximum absolute atomic E-state index is 13.3. The molecule has 0 amide bonds. The third-order valence-corrected chi connectivity index (χ3v) is 8.21. The monoisotopic (exact) mass is 657 g/mol. The predicted octanol–water partition coefficient (Wildman–Crippen LogP) is 7.38. The van der Waals surface area contributed by atoms with Gasteiger partial charge in [-0.05, 0) is 61.9 Å². The van der Waals surface area contributed by atoms with Crippen LogP contribution in [0.2, 0.25) is 10.0 Å². The van der Waals surface area contributed by atoms with E-state index in [1.807, 2.05) is 18.7 Å². The topological polar surface area (TPSA) is 85.5 Å². The van der Waals surface area contributed by atoms with Crippen LogP contribution >= 0.6 is 23.2 Å². The van der Waals surface area contributed by atoms with Crippen molar-refractivity contribution in [3.05, 3.63) is 106 Å². The molecule has 1 saturated heterocycles. The summed E-state index contributed by atoms with van der Waals surface area (Å²) in [6.45, 7) is 5.13. The molecule has 3 aromatic heterocycles. The van der Waals surface area contributed by atoms with Gasteiger partial charge in [0.2, 0.25) is 0 Å². The summed E-state index contributed by atoms with van der Waals surface area (Å²) < 4.78 is 53.8. The summed E-state index contributed by atoms with van der Waals surface area (Å²) in [6.07, 6.45) is -0.594. The molecule has 1 aliphatic heterocycles. The largest absolute Gasteiger partial charge is 0.452 e. The Morgan fingerprint density at radius 3 is 2.29 bits per heavy atom. The summed E-state index contributed by atoms with van der Waals surface area (Å²) >= 11 is 13.2. The molecular formula is C32H28Cl2F3N5O3. The second-order valence-corrected chi connectivity index (χ2v) is 11.9. The summed E-state index contributed by atoms with van der Waals surface area (Å²) in [5.41, 5.74) is -1.79. The summed E-state index contributed by atoms with van der Waals surface area (Å²) in [4.78, 5) is 14.6. The van der Waals surface area contributed by atoms with Gasteiger partial charge in [-0.25, -0.2) is 9.97 Å². The Bertz CT molecular complexity index is 1840. The molecule has 0 bridgehead atoms. The van der Waals surface area contributed by atoms with Gasteiger partial charge in [0.05, 0.1) is 41.0 Å². The van der Waals surface area contributed by atoms with E-state index < -0.39 is 17.5 Å². The number of nitrogens with zero attached hydrogens (tertiary/aromatic N) is 5. The van der Waals surface area contributed by atoms with Crippen LogP contribution in [0.4, 0.5) is 19.0 Å². The Morgan fingerprint density at radius 2 is 1.69 bits per heavy atom. The number of benzene rings is 2. The van der Waals surface area contributed by atoms with E-state index in [1.54, 1.807) is 54.1 Å². The molecule has 0 aliphatic carbocycles. The average Bonchev–Trinajstić information content (AvgIpc) is 3.42. The lowest BCUT2D eigenvalue weighted by Gasteiger charge is -2.41. The molecule has 6 rings (SSSR count). The van der Waals surface area contributed by atoms with Gasteiger partial charge in [-0.15, -0.1) is 0 Å². The first-order valence-electron chi connectivity index (χ1n) is 14.0. The first kappa shape index (κ1) is 31.1. The quantitative estimate of drug-likeness (QED) is 0.186. The van der Waals surface area contributed by atoms with Crippen LogP contribution in [0.5, 0.6) is 11.5 Å². The first-order valence-corrected chi connectivity index (χ1v) is 14.8. The Labute approximate surface area is 267 Å². The van der Waals surface area contributed by atoms with Gasteiger partial charge in [0.15, 0.2) is 17.2 Å². The van der Waals surface area contributed by atoms with Gasteiger partial charge in [0, 0.05) is 42.3 Å². The van der Waals surface area contributed by atoms with Crippen LogP contribution < -0.4 is 9.64 Å². The Hall–Kier alpha value is -3.90. The molecule has 1 unspecified atom stereocenters. The minimum Gasteiger partial charge on any atom is -0.452 e. The molecule has 5 aromatic rings. The predicted molar refractivity (Wildman–Crippen MR) is 165 cm³/mol. The smallest absolute Gasteiger partial charge is 0.433 e. The van der Waals surface area contributed by atoms with Crippen molar-refractivity contribution in [2.45, 2.75) is 37.8 Å². The van der Waals surface area contributed by atoms with Crippen LogP contribution in [-0.4, -0.2) is 49.9 Å². The highest BCUT2D eigenvalue weighted by Crippen LogP contribution is 2.45. The van der Waals surface area contributed by atoms with E-state index in [2.05, 4.69) is 9.97 Å². The second-order valence-electron chi connectivity index (χ2n) is 11.1. The number of halogens is 5. The number of fused-ring (bicyclic) bond motifs is 1. The van der Waals surface area contributed by atoms with Crippen molar-refractivity contribution >= 4 is 39.9 Å². The van der Waals surface area contributed by atoms with E-state index in [4.69, 9.17) is 37.7 Å². The SMILES string of the molecule is CC(C)OC1CN(c2nc3ccc(C(O)(c4ccc(C(F)(F)F)nc4)c4cncn4C)cc3c(Cl)c2Oc2ccc(Cl)cc2)C1. The standard InChI is InChI=1S/C32H28Cl2F3N5O3/c1-18(2)44-23-15-42(16-23)30-29(45-22-8-6-21(33)7-9-22)28(34)24-12-19(4-10-25(24)40-30)31(43,27-14-38-17-41(27)3)20-5-11-26(39-13-20)32(35,36)37/h4-14,17-18,23,43H,15-16H2,1-3H3. The maximum Gasteiger partial charge on any atom is 0.433 e. The molecule has 1 fully saturated rings. The molecule has 45 heavy (non-hydrogen) atoms. The summed E-state index contributed by atoms with van der Waals surface area (Å²) in [7, 11) is 1.67. The Morgan fingerprint density at radius 1 is 0.978 bits per heavy atom. The lowest BCUT2D eigenvalue weighted by molar-refractivity contribution is -0.141. The van der Waals surface area contributed by atoms with E-state index in [-0.39, 0.29) is 22.8 Å². The van der Waals surface area contributed by atoms with Crippen LogP contribution in [0.15, 0.2) is 73.3 Å². The highest BCUT2D eigenvalue weighted by molar-refractivity contribution is 6.37. The lowest BCUT2D eigenvalue weighted by Crippen LogP contribution is -2.53. The van der Waals surface area contributed by atoms with Crippen molar-refractivity contribution in [3.8, 4) is 11.5 Å². The molecular weight excluding hydrogens is 630 g/mol. The Kier molecular flexibility index (Phi) is 8.15. The minimum absolute atomic E-state index is 0.0262. The molecule has 2 aromatic carbocycles. The molecule has 4 heterocycles. The van der Waals surface area contributed by atoms with Crippen LogP contribution in [0.25, 0.3) is 10.9 Å². The van der Waals surface area contributed by atoms with E-state index in [1.165, 1.54) is 18.6 Å². The summed E-state index contributed by atoms with van der Waals surface area (Å²) in [5, 5.41) is 13.6. The van der Waals surface area contributed by atoms with Gasteiger partial charge in [-0.3, -0.25) is 4.98 Å². The molecule has 13 heteroatoms. The number of ether oxygens (including phenoxy) is 2. The maximum atomic E-state index is 13.3. The van der Waals surface area contributed by atoms with Gasteiger partial charge in [-0.2, -0.15) is 13.2 Å². The fourth-order valence-corrected chi connectivity index (χ4v) is 5.77. The fourth-order valence-electron chi connectivity index (χ4n) is 5.37. The number of alkyl halides is 3.